The van der Waals surface area contributed by atoms with Gasteiger partial charge in [-0.2, -0.15) is 5.26 Å². The molecule has 6 heteroatoms. The molecule has 0 saturated carbocycles. The molecule has 1 rings (SSSR count). The van der Waals surface area contributed by atoms with Crippen molar-refractivity contribution < 1.29 is 14.5 Å². The van der Waals surface area contributed by atoms with Crippen molar-refractivity contribution in [3.8, 4) is 6.07 Å². The Kier molecular flexibility index (Phi) is 4.39. The lowest BCUT2D eigenvalue weighted by atomic mass is 10.1. The van der Waals surface area contributed by atoms with E-state index < -0.39 is 10.9 Å². The molecule has 86 valence electrons. The van der Waals surface area contributed by atoms with Gasteiger partial charge in [-0.25, -0.2) is 4.79 Å². The topological polar surface area (TPSA) is 93.2 Å². The molecule has 0 atom stereocenters. The molecule has 0 bridgehead atoms. The molecule has 0 fully saturated rings. The summed E-state index contributed by atoms with van der Waals surface area (Å²) in [6, 6.07) is 7.63. The first kappa shape index (κ1) is 12.4. The van der Waals surface area contributed by atoms with E-state index in [-0.39, 0.29) is 12.3 Å². The van der Waals surface area contributed by atoms with E-state index in [1.165, 1.54) is 24.3 Å². The Balaban J connectivity index is 2.81. The Labute approximate surface area is 96.9 Å². The molecule has 0 spiro atoms. The molecule has 0 N–H and O–H groups in total. The van der Waals surface area contributed by atoms with Crippen LogP contribution in [0.4, 0.5) is 5.69 Å². The Hall–Kier alpha value is -2.68. The van der Waals surface area contributed by atoms with Crippen LogP contribution in [0.3, 0.4) is 0 Å². The second kappa shape index (κ2) is 6.02. The summed E-state index contributed by atoms with van der Waals surface area (Å²) in [5.41, 5.74) is 0.197. The van der Waals surface area contributed by atoms with Gasteiger partial charge in [0.25, 0.3) is 5.69 Å². The van der Waals surface area contributed by atoms with E-state index in [4.69, 9.17) is 5.26 Å². The number of ether oxygens (including phenoxy) is 1. The zero-order valence-corrected chi connectivity index (χ0v) is 8.70. The number of nitrogens with zero attached hydrogens (tertiary/aromatic N) is 2. The molecule has 0 radical (unpaired) electrons. The number of rotatable bonds is 4. The van der Waals surface area contributed by atoms with E-state index in [1.807, 2.05) is 0 Å². The van der Waals surface area contributed by atoms with Crippen molar-refractivity contribution in [1.82, 2.24) is 0 Å². The normalized spacial score (nSPS) is 9.82. The highest BCUT2D eigenvalue weighted by Crippen LogP contribution is 2.18. The molecule has 1 aromatic carbocycles. The van der Waals surface area contributed by atoms with Gasteiger partial charge in [-0.1, -0.05) is 12.1 Å². The van der Waals surface area contributed by atoms with Crippen molar-refractivity contribution in [2.45, 2.75) is 0 Å². The Morgan fingerprint density at radius 3 is 2.88 bits per heavy atom. The summed E-state index contributed by atoms with van der Waals surface area (Å²) in [4.78, 5) is 21.1. The lowest BCUT2D eigenvalue weighted by molar-refractivity contribution is -0.385. The van der Waals surface area contributed by atoms with Gasteiger partial charge in [-0.05, 0) is 12.1 Å². The standard InChI is InChI=1S/C11H8N2O4/c12-7-8-17-11(14)6-5-9-3-1-2-4-10(9)13(15)16/h1-6H,8H2/b6-5+. The quantitative estimate of drug-likeness (QED) is 0.340. The molecule has 0 amide bonds. The molecular weight excluding hydrogens is 224 g/mol. The lowest BCUT2D eigenvalue weighted by Crippen LogP contribution is -2.00. The minimum atomic E-state index is -0.718. The second-order valence-electron chi connectivity index (χ2n) is 2.92. The van der Waals surface area contributed by atoms with Gasteiger partial charge in [0.2, 0.25) is 0 Å². The smallest absolute Gasteiger partial charge is 0.331 e. The van der Waals surface area contributed by atoms with Gasteiger partial charge in [0.05, 0.1) is 10.5 Å². The van der Waals surface area contributed by atoms with Gasteiger partial charge in [-0.3, -0.25) is 10.1 Å². The zero-order chi connectivity index (χ0) is 12.7. The fraction of sp³-hybridized carbons (Fsp3) is 0.0909. The van der Waals surface area contributed by atoms with E-state index in [9.17, 15) is 14.9 Å². The van der Waals surface area contributed by atoms with Crippen molar-refractivity contribution >= 4 is 17.7 Å². The highest BCUT2D eigenvalue weighted by atomic mass is 16.6. The van der Waals surface area contributed by atoms with Crippen LogP contribution in [0.25, 0.3) is 6.08 Å². The van der Waals surface area contributed by atoms with Crippen molar-refractivity contribution in [2.75, 3.05) is 6.61 Å². The van der Waals surface area contributed by atoms with E-state index in [2.05, 4.69) is 4.74 Å². The number of nitriles is 1. The number of nitro benzene ring substituents is 1. The summed E-state index contributed by atoms with van der Waals surface area (Å²) in [6.45, 7) is -0.347. The molecular formula is C11H8N2O4. The van der Waals surface area contributed by atoms with Crippen molar-refractivity contribution in [3.63, 3.8) is 0 Å². The van der Waals surface area contributed by atoms with Crippen LogP contribution in [0.1, 0.15) is 5.56 Å². The van der Waals surface area contributed by atoms with Gasteiger partial charge < -0.3 is 4.74 Å². The molecule has 0 aromatic heterocycles. The predicted octanol–water partition coefficient (Wildman–Crippen LogP) is 1.67. The minimum Gasteiger partial charge on any atom is -0.447 e. The Morgan fingerprint density at radius 2 is 2.24 bits per heavy atom. The maximum atomic E-state index is 11.0. The third-order valence-corrected chi connectivity index (χ3v) is 1.81. The summed E-state index contributed by atoms with van der Waals surface area (Å²) < 4.78 is 4.46. The van der Waals surface area contributed by atoms with E-state index in [1.54, 1.807) is 12.1 Å². The maximum Gasteiger partial charge on any atom is 0.331 e. The second-order valence-corrected chi connectivity index (χ2v) is 2.92. The largest absolute Gasteiger partial charge is 0.447 e. The summed E-state index contributed by atoms with van der Waals surface area (Å²) in [6.07, 6.45) is 2.32. The molecule has 0 aliphatic rings. The Bertz CT molecular complexity index is 502. The van der Waals surface area contributed by atoms with Crippen LogP contribution in [0.5, 0.6) is 0 Å². The van der Waals surface area contributed by atoms with Crippen LogP contribution in [0.15, 0.2) is 30.3 Å². The van der Waals surface area contributed by atoms with Crippen LogP contribution in [-0.4, -0.2) is 17.5 Å². The van der Waals surface area contributed by atoms with Crippen LogP contribution in [0.2, 0.25) is 0 Å². The van der Waals surface area contributed by atoms with Gasteiger partial charge in [0.1, 0.15) is 6.07 Å². The monoisotopic (exact) mass is 232 g/mol. The average molecular weight is 232 g/mol. The van der Waals surface area contributed by atoms with Crippen LogP contribution >= 0.6 is 0 Å². The minimum absolute atomic E-state index is 0.100. The van der Waals surface area contributed by atoms with Gasteiger partial charge >= 0.3 is 5.97 Å². The Morgan fingerprint density at radius 1 is 1.53 bits per heavy atom. The van der Waals surface area contributed by atoms with Crippen LogP contribution < -0.4 is 0 Å². The first-order valence-corrected chi connectivity index (χ1v) is 4.60. The van der Waals surface area contributed by atoms with Gasteiger partial charge in [0, 0.05) is 12.1 Å². The fourth-order valence-electron chi connectivity index (χ4n) is 1.10. The van der Waals surface area contributed by atoms with Crippen molar-refractivity contribution in [2.24, 2.45) is 0 Å². The molecule has 0 saturated heterocycles. The first-order chi connectivity index (χ1) is 8.15. The molecule has 0 heterocycles. The number of esters is 1. The number of carbonyl (C=O) groups excluding carboxylic acids is 1. The molecule has 0 unspecified atom stereocenters. The zero-order valence-electron chi connectivity index (χ0n) is 8.70. The number of nitro groups is 1. The summed E-state index contributed by atoms with van der Waals surface area (Å²) in [7, 11) is 0. The third kappa shape index (κ3) is 3.76. The van der Waals surface area contributed by atoms with Crippen molar-refractivity contribution in [3.05, 3.63) is 46.0 Å². The van der Waals surface area contributed by atoms with E-state index in [0.717, 1.165) is 6.08 Å². The molecule has 6 nitrogen and oxygen atoms in total. The molecule has 0 aliphatic heterocycles. The number of para-hydroxylation sites is 1. The van der Waals surface area contributed by atoms with Crippen LogP contribution in [-0.2, 0) is 9.53 Å². The molecule has 0 aliphatic carbocycles. The third-order valence-electron chi connectivity index (χ3n) is 1.81. The number of benzene rings is 1. The molecule has 17 heavy (non-hydrogen) atoms. The SMILES string of the molecule is N#CCOC(=O)/C=C/c1ccccc1[N+](=O)[O-]. The summed E-state index contributed by atoms with van der Waals surface area (Å²) >= 11 is 0. The number of hydrogen-bond acceptors (Lipinski definition) is 5. The molecule has 1 aromatic rings. The predicted molar refractivity (Wildman–Crippen MR) is 58.7 cm³/mol. The summed E-state index contributed by atoms with van der Waals surface area (Å²) in [5, 5.41) is 18.8. The van der Waals surface area contributed by atoms with Crippen molar-refractivity contribution in [1.29, 1.82) is 5.26 Å². The van der Waals surface area contributed by atoms with Gasteiger partial charge in [-0.15, -0.1) is 0 Å². The summed E-state index contributed by atoms with van der Waals surface area (Å²) in [5.74, 6) is -0.718. The average Bonchev–Trinajstić information content (AvgIpc) is 2.34. The maximum absolute atomic E-state index is 11.0. The number of carbonyl (C=O) groups is 1. The van der Waals surface area contributed by atoms with Gasteiger partial charge in [0.15, 0.2) is 6.61 Å². The number of hydrogen-bond donors (Lipinski definition) is 0. The van der Waals surface area contributed by atoms with E-state index in [0.29, 0.717) is 5.56 Å². The highest BCUT2D eigenvalue weighted by Gasteiger charge is 2.09. The van der Waals surface area contributed by atoms with E-state index >= 15 is 0 Å². The van der Waals surface area contributed by atoms with Crippen LogP contribution in [0, 0.1) is 21.4 Å². The first-order valence-electron chi connectivity index (χ1n) is 4.60. The highest BCUT2D eigenvalue weighted by molar-refractivity contribution is 5.87. The lowest BCUT2D eigenvalue weighted by Gasteiger charge is -1.96. The fourth-order valence-corrected chi connectivity index (χ4v) is 1.10.